The molecular formula is C14H27NO. The van der Waals surface area contributed by atoms with Crippen LogP contribution in [0.4, 0.5) is 0 Å². The van der Waals surface area contributed by atoms with E-state index in [1.807, 2.05) is 0 Å². The Hall–Kier alpha value is -0.0800. The van der Waals surface area contributed by atoms with E-state index in [0.29, 0.717) is 11.5 Å². The predicted molar refractivity (Wildman–Crippen MR) is 67.6 cm³/mol. The van der Waals surface area contributed by atoms with Crippen LogP contribution in [0.2, 0.25) is 0 Å². The van der Waals surface area contributed by atoms with Crippen molar-refractivity contribution in [3.8, 4) is 0 Å². The van der Waals surface area contributed by atoms with Gasteiger partial charge in [-0.1, -0.05) is 26.7 Å². The van der Waals surface area contributed by atoms with E-state index < -0.39 is 0 Å². The highest BCUT2D eigenvalue weighted by Gasteiger charge is 2.32. The van der Waals surface area contributed by atoms with Crippen LogP contribution in [0, 0.1) is 11.3 Å². The Balaban J connectivity index is 1.74. The van der Waals surface area contributed by atoms with Crippen molar-refractivity contribution in [2.75, 3.05) is 19.8 Å². The van der Waals surface area contributed by atoms with Crippen LogP contribution >= 0.6 is 0 Å². The second kappa shape index (κ2) is 5.50. The standard InChI is InChI=1S/C14H27NO/c1-14(2,12-6-3-4-7-12)11-15-13-8-5-9-16-10-13/h12-13,15H,3-11H2,1-2H3. The van der Waals surface area contributed by atoms with Gasteiger partial charge in [-0.05, 0) is 37.0 Å². The fraction of sp³-hybridized carbons (Fsp3) is 1.00. The predicted octanol–water partition coefficient (Wildman–Crippen LogP) is 2.97. The van der Waals surface area contributed by atoms with Gasteiger partial charge in [-0.15, -0.1) is 0 Å². The Bertz CT molecular complexity index is 203. The highest BCUT2D eigenvalue weighted by atomic mass is 16.5. The lowest BCUT2D eigenvalue weighted by Crippen LogP contribution is -2.43. The summed E-state index contributed by atoms with van der Waals surface area (Å²) >= 11 is 0. The molecule has 94 valence electrons. The fourth-order valence-electron chi connectivity index (χ4n) is 3.16. The SMILES string of the molecule is CC(C)(CNC1CCCOC1)C1CCCC1. The van der Waals surface area contributed by atoms with Crippen LogP contribution in [0.1, 0.15) is 52.4 Å². The zero-order chi connectivity index (χ0) is 11.4. The molecule has 0 aromatic carbocycles. The maximum atomic E-state index is 5.51. The van der Waals surface area contributed by atoms with E-state index in [9.17, 15) is 0 Å². The Morgan fingerprint density at radius 2 is 1.88 bits per heavy atom. The average molecular weight is 225 g/mol. The molecule has 1 aliphatic heterocycles. The molecule has 1 saturated carbocycles. The normalized spacial score (nSPS) is 28.5. The van der Waals surface area contributed by atoms with Crippen molar-refractivity contribution in [2.45, 2.75) is 58.4 Å². The van der Waals surface area contributed by atoms with Gasteiger partial charge < -0.3 is 10.1 Å². The molecule has 16 heavy (non-hydrogen) atoms. The van der Waals surface area contributed by atoms with Crippen molar-refractivity contribution in [3.63, 3.8) is 0 Å². The summed E-state index contributed by atoms with van der Waals surface area (Å²) in [5.41, 5.74) is 0.466. The molecular weight excluding hydrogens is 198 g/mol. The van der Waals surface area contributed by atoms with Gasteiger partial charge in [-0.2, -0.15) is 0 Å². The lowest BCUT2D eigenvalue weighted by atomic mass is 9.77. The molecule has 0 aromatic heterocycles. The quantitative estimate of drug-likeness (QED) is 0.794. The summed E-state index contributed by atoms with van der Waals surface area (Å²) < 4.78 is 5.51. The molecule has 0 bridgehead atoms. The van der Waals surface area contributed by atoms with Crippen molar-refractivity contribution in [1.82, 2.24) is 5.32 Å². The molecule has 0 aromatic rings. The maximum Gasteiger partial charge on any atom is 0.0619 e. The molecule has 2 fully saturated rings. The van der Waals surface area contributed by atoms with Crippen molar-refractivity contribution in [3.05, 3.63) is 0 Å². The maximum absolute atomic E-state index is 5.51. The van der Waals surface area contributed by atoms with E-state index in [0.717, 1.165) is 25.7 Å². The highest BCUT2D eigenvalue weighted by Crippen LogP contribution is 2.39. The fourth-order valence-corrected chi connectivity index (χ4v) is 3.16. The molecule has 2 heteroatoms. The molecule has 2 nitrogen and oxygen atoms in total. The van der Waals surface area contributed by atoms with Crippen LogP contribution in [0.3, 0.4) is 0 Å². The Labute approximate surface area is 100 Å². The topological polar surface area (TPSA) is 21.3 Å². The van der Waals surface area contributed by atoms with Gasteiger partial charge >= 0.3 is 0 Å². The molecule has 0 radical (unpaired) electrons. The molecule has 1 unspecified atom stereocenters. The minimum Gasteiger partial charge on any atom is -0.380 e. The van der Waals surface area contributed by atoms with E-state index in [4.69, 9.17) is 4.74 Å². The number of hydrogen-bond donors (Lipinski definition) is 1. The summed E-state index contributed by atoms with van der Waals surface area (Å²) in [5.74, 6) is 0.935. The third-order valence-electron chi connectivity index (χ3n) is 4.47. The van der Waals surface area contributed by atoms with Gasteiger partial charge in [0.05, 0.1) is 6.61 Å². The van der Waals surface area contributed by atoms with Gasteiger partial charge in [0.1, 0.15) is 0 Å². The molecule has 1 atom stereocenters. The van der Waals surface area contributed by atoms with Crippen LogP contribution in [-0.2, 0) is 4.74 Å². The summed E-state index contributed by atoms with van der Waals surface area (Å²) in [7, 11) is 0. The Morgan fingerprint density at radius 3 is 2.50 bits per heavy atom. The summed E-state index contributed by atoms with van der Waals surface area (Å²) in [4.78, 5) is 0. The van der Waals surface area contributed by atoms with Gasteiger partial charge in [0.25, 0.3) is 0 Å². The minimum absolute atomic E-state index is 0.466. The first-order valence-corrected chi connectivity index (χ1v) is 6.99. The minimum atomic E-state index is 0.466. The van der Waals surface area contributed by atoms with E-state index in [1.54, 1.807) is 0 Å². The van der Waals surface area contributed by atoms with Gasteiger partial charge in [0.15, 0.2) is 0 Å². The molecule has 0 spiro atoms. The van der Waals surface area contributed by atoms with Crippen LogP contribution in [0.25, 0.3) is 0 Å². The molecule has 1 aliphatic carbocycles. The summed E-state index contributed by atoms with van der Waals surface area (Å²) in [6.45, 7) is 7.90. The molecule has 2 aliphatic rings. The summed E-state index contributed by atoms with van der Waals surface area (Å²) in [6.07, 6.45) is 8.29. The van der Waals surface area contributed by atoms with Crippen molar-refractivity contribution >= 4 is 0 Å². The second-order valence-electron chi connectivity index (χ2n) is 6.26. The van der Waals surface area contributed by atoms with Crippen LogP contribution in [0.5, 0.6) is 0 Å². The first-order chi connectivity index (χ1) is 7.68. The first-order valence-electron chi connectivity index (χ1n) is 6.99. The molecule has 0 amide bonds. The van der Waals surface area contributed by atoms with Crippen LogP contribution in [-0.4, -0.2) is 25.8 Å². The smallest absolute Gasteiger partial charge is 0.0619 e. The zero-order valence-corrected chi connectivity index (χ0v) is 10.9. The molecule has 2 rings (SSSR count). The molecule has 1 N–H and O–H groups in total. The van der Waals surface area contributed by atoms with Gasteiger partial charge in [0, 0.05) is 19.2 Å². The number of nitrogens with one attached hydrogen (secondary N) is 1. The van der Waals surface area contributed by atoms with E-state index >= 15 is 0 Å². The zero-order valence-electron chi connectivity index (χ0n) is 10.9. The number of hydrogen-bond acceptors (Lipinski definition) is 2. The van der Waals surface area contributed by atoms with E-state index in [2.05, 4.69) is 19.2 Å². The highest BCUT2D eigenvalue weighted by molar-refractivity contribution is 4.85. The van der Waals surface area contributed by atoms with Crippen molar-refractivity contribution in [1.29, 1.82) is 0 Å². The van der Waals surface area contributed by atoms with Gasteiger partial charge in [-0.3, -0.25) is 0 Å². The first kappa shape index (κ1) is 12.4. The summed E-state index contributed by atoms with van der Waals surface area (Å²) in [5, 5.41) is 3.71. The third-order valence-corrected chi connectivity index (χ3v) is 4.47. The largest absolute Gasteiger partial charge is 0.380 e. The second-order valence-corrected chi connectivity index (χ2v) is 6.26. The number of rotatable bonds is 4. The van der Waals surface area contributed by atoms with E-state index in [1.165, 1.54) is 38.5 Å². The van der Waals surface area contributed by atoms with Gasteiger partial charge in [0.2, 0.25) is 0 Å². The van der Waals surface area contributed by atoms with Crippen molar-refractivity contribution < 1.29 is 4.74 Å². The van der Waals surface area contributed by atoms with Crippen molar-refractivity contribution in [2.24, 2.45) is 11.3 Å². The van der Waals surface area contributed by atoms with Crippen LogP contribution < -0.4 is 5.32 Å². The lowest BCUT2D eigenvalue weighted by Gasteiger charge is -2.34. The third kappa shape index (κ3) is 3.21. The Morgan fingerprint density at radius 1 is 1.12 bits per heavy atom. The number of ether oxygens (including phenoxy) is 1. The van der Waals surface area contributed by atoms with E-state index in [-0.39, 0.29) is 0 Å². The monoisotopic (exact) mass is 225 g/mol. The summed E-state index contributed by atoms with van der Waals surface area (Å²) in [6, 6.07) is 0.606. The Kier molecular flexibility index (Phi) is 4.26. The van der Waals surface area contributed by atoms with Gasteiger partial charge in [-0.25, -0.2) is 0 Å². The average Bonchev–Trinajstić information content (AvgIpc) is 2.82. The van der Waals surface area contributed by atoms with Crippen LogP contribution in [0.15, 0.2) is 0 Å². The lowest BCUT2D eigenvalue weighted by molar-refractivity contribution is 0.0635. The molecule has 1 saturated heterocycles. The molecule has 1 heterocycles.